The average molecular weight is 1870 g/mol. The molecule has 3 spiro atoms. The molecule has 0 amide bonds. The largest absolute Gasteiger partial charge is 0.461 e. The SMILES string of the molecule is CC(C)(C)c1ccc([S+]2CCOCC2)cc1.CC(C)(C)c1ccc([S+]2CCOCC2)cc1.CC(F)(F)C(=O)OC12CC3CC(C1)C1(OC4COC(=O)C4O1)C(C3)C2.CC(F)(F)C(=O)OC12CC3CC(C1)C1(OC4COC(=O)C4O1)C(C3)C2.CC(F)(F)C(=O)OC12CC3CC(C1)C1(OC4OC5C(O)C(=O)OC5C4O1)C(C3)C2.c1ccc([S+](c2ccccc2)c2ccccc2)cc1. The number of aliphatic hydroxyl groups is 1. The molecule has 0 aromatic heterocycles. The number of hydrogen-bond acceptors (Lipinski definition) is 22. The van der Waals surface area contributed by atoms with Gasteiger partial charge in [0.2, 0.25) is 0 Å². The maximum Gasteiger partial charge on any atom is 0.377 e. The zero-order valence-electron chi connectivity index (χ0n) is 74.9. The number of aliphatic hydroxyl groups excluding tert-OH is 1. The fraction of sp³-hybridized carbons (Fsp3) is 0.636. The van der Waals surface area contributed by atoms with Gasteiger partial charge in [0.15, 0.2) is 78.6 Å². The van der Waals surface area contributed by atoms with Gasteiger partial charge in [0, 0.05) is 78.1 Å². The quantitative estimate of drug-likeness (QED) is 0.0557. The van der Waals surface area contributed by atoms with Crippen molar-refractivity contribution in [1.29, 1.82) is 0 Å². The van der Waals surface area contributed by atoms with Gasteiger partial charge in [0.05, 0.1) is 37.3 Å². The van der Waals surface area contributed by atoms with Crippen molar-refractivity contribution in [2.75, 3.05) is 62.7 Å². The van der Waals surface area contributed by atoms with E-state index in [-0.39, 0.29) is 76.4 Å². The Labute approximate surface area is 762 Å². The molecular weight excluding hydrogens is 1750 g/mol. The number of rotatable bonds is 11. The van der Waals surface area contributed by atoms with E-state index in [0.29, 0.717) is 112 Å². The number of halogens is 6. The fourth-order valence-corrected chi connectivity index (χ4v) is 30.0. The van der Waals surface area contributed by atoms with Gasteiger partial charge in [-0.05, 0) is 197 Å². The van der Waals surface area contributed by atoms with E-state index in [0.717, 1.165) is 65.0 Å². The van der Waals surface area contributed by atoms with Gasteiger partial charge in [-0.1, -0.05) is 120 Å². The molecule has 5 aromatic rings. The van der Waals surface area contributed by atoms with Gasteiger partial charge >= 0.3 is 53.6 Å². The zero-order chi connectivity index (χ0) is 91.7. The predicted molar refractivity (Wildman–Crippen MR) is 463 cm³/mol. The summed E-state index contributed by atoms with van der Waals surface area (Å²) in [4.78, 5) is 77.8. The van der Waals surface area contributed by atoms with E-state index in [1.807, 2.05) is 0 Å². The number of carbonyl (C=O) groups excluding carboxylic acids is 6. The number of alkyl halides is 6. The van der Waals surface area contributed by atoms with Crippen molar-refractivity contribution in [2.45, 2.75) is 301 Å². The summed E-state index contributed by atoms with van der Waals surface area (Å²) in [6.45, 7) is 19.4. The molecule has 15 unspecified atom stereocenters. The number of cyclic esters (lactones) is 2. The van der Waals surface area contributed by atoms with Crippen LogP contribution in [0, 0.1) is 53.3 Å². The maximum atomic E-state index is 13.4. The second kappa shape index (κ2) is 35.7. The molecule has 22 nitrogen and oxygen atoms in total. The molecule has 12 bridgehead atoms. The summed E-state index contributed by atoms with van der Waals surface area (Å²) in [5.41, 5.74) is 0.740. The lowest BCUT2D eigenvalue weighted by atomic mass is 9.51. The molecule has 9 heterocycles. The highest BCUT2D eigenvalue weighted by Crippen LogP contribution is 2.69. The summed E-state index contributed by atoms with van der Waals surface area (Å²) in [7, 11) is 0.849. The standard InChI is InChI=1S/C19H22F2O8.C18H15S.2C17H20F2O6.2C14H21OS/c1-17(20,21)16(24)29-18-4-7-2-8(5-18)19(9(3-7)6-18)27-13-12-11(26-15(13)28-19)10(22)14(23)25-12;1-4-10-16(11-5-1)19(17-12-6-2-7-13-17)18-14-8-3-9-15-18;2*1-15(18,19)14(21)25-16-4-8-2-9(5-16)17(10(3-8)6-16)23-11-7-22-13(20)12(11)24-17;2*1-14(2,3)12-4-6-13(7-5-12)16-10-8-15-9-11-16/h7-13,15,22H,2-6H2,1H3;1-15H;2*8-12H,2-7H2,1H3;2*4-7H,8-11H2,1-3H3/q;+1;;;2*+1. The van der Waals surface area contributed by atoms with Crippen LogP contribution >= 0.6 is 0 Å². The fourth-order valence-electron chi connectivity index (χ4n) is 24.2. The van der Waals surface area contributed by atoms with Crippen molar-refractivity contribution >= 4 is 68.5 Å². The minimum Gasteiger partial charge on any atom is -0.461 e. The Kier molecular flexibility index (Phi) is 25.7. The van der Waals surface area contributed by atoms with Gasteiger partial charge in [-0.3, -0.25) is 0 Å². The molecule has 5 aromatic carbocycles. The minimum atomic E-state index is -3.53. The second-order valence-corrected chi connectivity index (χ2v) is 47.6. The van der Waals surface area contributed by atoms with Crippen LogP contribution in [-0.4, -0.2) is 211 Å². The van der Waals surface area contributed by atoms with E-state index >= 15 is 0 Å². The number of carbonyl (C=O) groups is 6. The smallest absolute Gasteiger partial charge is 0.377 e. The van der Waals surface area contributed by atoms with Crippen LogP contribution in [-0.2, 0) is 143 Å². The van der Waals surface area contributed by atoms with Crippen molar-refractivity contribution in [3.8, 4) is 0 Å². The van der Waals surface area contributed by atoms with E-state index in [9.17, 15) is 60.2 Å². The first-order valence-corrected chi connectivity index (χ1v) is 50.4. The lowest BCUT2D eigenvalue weighted by Gasteiger charge is -2.62. The molecule has 31 heteroatoms. The Morgan fingerprint density at radius 3 is 1.01 bits per heavy atom. The normalized spacial score (nSPS) is 37.6. The van der Waals surface area contributed by atoms with Gasteiger partial charge in [0.25, 0.3) is 0 Å². The van der Waals surface area contributed by atoms with Crippen molar-refractivity contribution < 1.29 is 131 Å². The first-order chi connectivity index (χ1) is 61.6. The Morgan fingerprint density at radius 1 is 0.392 bits per heavy atom. The first kappa shape index (κ1) is 93.5. The summed E-state index contributed by atoms with van der Waals surface area (Å²) >= 11 is 0. The van der Waals surface area contributed by atoms with Crippen LogP contribution in [0.2, 0.25) is 0 Å². The van der Waals surface area contributed by atoms with Crippen molar-refractivity contribution in [3.63, 3.8) is 0 Å². The lowest BCUT2D eigenvalue weighted by Crippen LogP contribution is -2.66. The molecule has 9 saturated heterocycles. The molecular formula is C99H119F6O22S3+3. The third-order valence-electron chi connectivity index (χ3n) is 29.6. The van der Waals surface area contributed by atoms with Gasteiger partial charge < -0.3 is 76.2 Å². The number of esters is 6. The van der Waals surface area contributed by atoms with Gasteiger partial charge in [-0.25, -0.2) is 28.8 Å². The van der Waals surface area contributed by atoms with E-state index in [1.165, 1.54) is 58.6 Å². The van der Waals surface area contributed by atoms with Crippen LogP contribution in [0.3, 0.4) is 0 Å². The number of fused-ring (bicyclic) bond motifs is 5. The Balaban J connectivity index is 0.000000106. The van der Waals surface area contributed by atoms with Crippen LogP contribution in [0.1, 0.15) is 170 Å². The molecule has 704 valence electrons. The van der Waals surface area contributed by atoms with Crippen LogP contribution in [0.15, 0.2) is 164 Å². The molecule has 12 aliphatic carbocycles. The predicted octanol–water partition coefficient (Wildman–Crippen LogP) is 15.3. The molecule has 130 heavy (non-hydrogen) atoms. The highest BCUT2D eigenvalue weighted by molar-refractivity contribution is 7.97. The van der Waals surface area contributed by atoms with Crippen molar-refractivity contribution in [1.82, 2.24) is 0 Å². The van der Waals surface area contributed by atoms with Crippen LogP contribution in [0.25, 0.3) is 0 Å². The number of hydrogen-bond donors (Lipinski definition) is 1. The summed E-state index contributed by atoms with van der Waals surface area (Å²) in [5, 5.41) is 9.89. The van der Waals surface area contributed by atoms with E-state index in [1.54, 1.807) is 0 Å². The maximum absolute atomic E-state index is 13.4. The second-order valence-electron chi connectivity index (χ2n) is 41.1. The molecule has 21 fully saturated rings. The zero-order valence-corrected chi connectivity index (χ0v) is 77.3. The molecule has 15 atom stereocenters. The Bertz CT molecular complexity index is 4600. The molecule has 12 saturated carbocycles. The van der Waals surface area contributed by atoms with E-state index in [2.05, 4.69) is 181 Å². The minimum absolute atomic E-state index is 0.0146. The molecule has 26 rings (SSSR count). The Hall–Kier alpha value is -6.85. The number of ether oxygens (including phenoxy) is 15. The third kappa shape index (κ3) is 18.5. The van der Waals surface area contributed by atoms with Crippen LogP contribution in [0.5, 0.6) is 0 Å². The van der Waals surface area contributed by atoms with E-state index < -0.39 is 143 Å². The molecule has 1 N–H and O–H groups in total. The van der Waals surface area contributed by atoms with Crippen molar-refractivity contribution in [2.24, 2.45) is 53.3 Å². The van der Waals surface area contributed by atoms with Gasteiger partial charge in [-0.15, -0.1) is 0 Å². The number of benzene rings is 5. The summed E-state index contributed by atoms with van der Waals surface area (Å²) in [6.07, 6.45) is 2.78. The molecule has 9 aliphatic heterocycles. The van der Waals surface area contributed by atoms with Crippen LogP contribution in [0.4, 0.5) is 26.3 Å². The Morgan fingerprint density at radius 2 is 0.708 bits per heavy atom. The average Bonchev–Trinajstić information content (AvgIpc) is 1.47. The van der Waals surface area contributed by atoms with E-state index in [4.69, 9.17) is 71.1 Å². The topological polar surface area (TPSA) is 261 Å². The van der Waals surface area contributed by atoms with Gasteiger partial charge in [0.1, 0.15) is 71.3 Å². The summed E-state index contributed by atoms with van der Waals surface area (Å²) in [5.74, 6) is -14.0. The summed E-state index contributed by atoms with van der Waals surface area (Å²) < 4.78 is 165. The molecule has 0 radical (unpaired) electrons. The molecule has 21 aliphatic rings. The highest BCUT2D eigenvalue weighted by Gasteiger charge is 2.76. The van der Waals surface area contributed by atoms with Crippen LogP contribution < -0.4 is 0 Å². The highest BCUT2D eigenvalue weighted by atomic mass is 32.2. The van der Waals surface area contributed by atoms with Gasteiger partial charge in [-0.2, -0.15) is 26.3 Å². The first-order valence-electron chi connectivity index (χ1n) is 46.0. The monoisotopic (exact) mass is 1870 g/mol. The summed E-state index contributed by atoms with van der Waals surface area (Å²) in [6, 6.07) is 50.6. The third-order valence-corrected chi connectivity index (χ3v) is 36.3. The lowest BCUT2D eigenvalue weighted by molar-refractivity contribution is -0.343. The van der Waals surface area contributed by atoms with Crippen molar-refractivity contribution in [3.05, 3.63) is 151 Å².